The van der Waals surface area contributed by atoms with E-state index in [4.69, 9.17) is 14.2 Å². The molecular weight excluding hydrogens is 400 g/mol. The second-order valence-corrected chi connectivity index (χ2v) is 7.59. The van der Waals surface area contributed by atoms with Crippen molar-refractivity contribution < 1.29 is 28.6 Å². The van der Waals surface area contributed by atoms with Gasteiger partial charge in [-0.15, -0.1) is 0 Å². The Morgan fingerprint density at radius 3 is 2.45 bits per heavy atom. The monoisotopic (exact) mass is 428 g/mol. The number of benzene rings is 1. The number of methoxy groups -OCH3 is 2. The van der Waals surface area contributed by atoms with Crippen LogP contribution in [0.2, 0.25) is 0 Å². The average Bonchev–Trinajstić information content (AvgIpc) is 3.39. The molecule has 1 aromatic heterocycles. The van der Waals surface area contributed by atoms with Crippen molar-refractivity contribution in [2.75, 3.05) is 33.9 Å². The minimum absolute atomic E-state index is 0.103. The summed E-state index contributed by atoms with van der Waals surface area (Å²) in [5.74, 6) is -0.399. The molecule has 1 fully saturated rings. The van der Waals surface area contributed by atoms with Crippen LogP contribution in [0, 0.1) is 13.8 Å². The van der Waals surface area contributed by atoms with Crippen LogP contribution >= 0.6 is 0 Å². The molecule has 0 unspecified atom stereocenters. The van der Waals surface area contributed by atoms with E-state index in [1.54, 1.807) is 45.2 Å². The molecule has 3 rings (SSSR count). The van der Waals surface area contributed by atoms with E-state index in [0.717, 1.165) is 12.8 Å². The van der Waals surface area contributed by atoms with Crippen LogP contribution in [0.5, 0.6) is 5.75 Å². The molecule has 1 saturated heterocycles. The van der Waals surface area contributed by atoms with E-state index in [1.165, 1.54) is 12.0 Å². The van der Waals surface area contributed by atoms with Gasteiger partial charge in [0, 0.05) is 30.0 Å². The number of esters is 1. The summed E-state index contributed by atoms with van der Waals surface area (Å²) in [6, 6.07) is 6.78. The number of hydrogen-bond acceptors (Lipinski definition) is 6. The van der Waals surface area contributed by atoms with E-state index in [0.29, 0.717) is 41.3 Å². The lowest BCUT2D eigenvalue weighted by Crippen LogP contribution is -2.41. The first-order chi connectivity index (χ1) is 14.8. The number of carbonyl (C=O) groups is 3. The van der Waals surface area contributed by atoms with E-state index in [1.807, 2.05) is 0 Å². The van der Waals surface area contributed by atoms with E-state index in [-0.39, 0.29) is 30.0 Å². The number of aromatic nitrogens is 1. The smallest absolute Gasteiger partial charge is 0.354 e. The maximum Gasteiger partial charge on any atom is 0.354 e. The predicted molar refractivity (Wildman–Crippen MR) is 114 cm³/mol. The summed E-state index contributed by atoms with van der Waals surface area (Å²) in [4.78, 5) is 42.8. The molecule has 1 aromatic carbocycles. The van der Waals surface area contributed by atoms with Gasteiger partial charge in [0.15, 0.2) is 5.78 Å². The number of hydrogen-bond donors (Lipinski definition) is 1. The highest BCUT2D eigenvalue weighted by Gasteiger charge is 2.28. The summed E-state index contributed by atoms with van der Waals surface area (Å²) in [7, 11) is 2.85. The van der Waals surface area contributed by atoms with E-state index < -0.39 is 5.97 Å². The van der Waals surface area contributed by atoms with Crippen molar-refractivity contribution >= 4 is 17.7 Å². The third kappa shape index (κ3) is 4.96. The zero-order valence-corrected chi connectivity index (χ0v) is 18.3. The van der Waals surface area contributed by atoms with Gasteiger partial charge in [0.05, 0.1) is 26.9 Å². The third-order valence-corrected chi connectivity index (χ3v) is 5.51. The molecule has 0 bridgehead atoms. The molecule has 2 heterocycles. The number of nitrogens with one attached hydrogen (secondary N) is 1. The Balaban J connectivity index is 1.85. The molecule has 0 saturated carbocycles. The number of ether oxygens (including phenoxy) is 3. The number of rotatable bonds is 8. The fourth-order valence-corrected chi connectivity index (χ4v) is 3.90. The van der Waals surface area contributed by atoms with Gasteiger partial charge in [-0.1, -0.05) is 0 Å². The molecular formula is C23H28N2O6. The van der Waals surface area contributed by atoms with Crippen molar-refractivity contribution in [3.63, 3.8) is 0 Å². The molecule has 0 spiro atoms. The lowest BCUT2D eigenvalue weighted by Gasteiger charge is -2.25. The Kier molecular flexibility index (Phi) is 7.12. The molecule has 166 valence electrons. The molecule has 1 aliphatic rings. The van der Waals surface area contributed by atoms with Crippen molar-refractivity contribution in [2.45, 2.75) is 32.8 Å². The van der Waals surface area contributed by atoms with Crippen LogP contribution in [0.15, 0.2) is 24.3 Å². The van der Waals surface area contributed by atoms with Gasteiger partial charge in [-0.05, 0) is 56.5 Å². The third-order valence-electron chi connectivity index (χ3n) is 5.51. The van der Waals surface area contributed by atoms with Crippen molar-refractivity contribution in [1.29, 1.82) is 0 Å². The highest BCUT2D eigenvalue weighted by atomic mass is 16.5. The maximum atomic E-state index is 13.2. The fourth-order valence-electron chi connectivity index (χ4n) is 3.90. The van der Waals surface area contributed by atoms with Gasteiger partial charge in [0.2, 0.25) is 0 Å². The quantitative estimate of drug-likeness (QED) is 0.513. The van der Waals surface area contributed by atoms with Gasteiger partial charge in [-0.25, -0.2) is 4.79 Å². The highest BCUT2D eigenvalue weighted by molar-refractivity contribution is 6.05. The minimum Gasteiger partial charge on any atom is -0.497 e. The number of aryl methyl sites for hydroxylation is 1. The Morgan fingerprint density at radius 1 is 1.16 bits per heavy atom. The van der Waals surface area contributed by atoms with Gasteiger partial charge >= 0.3 is 5.97 Å². The SMILES string of the molecule is COC(=O)c1[nH]c(C)c(C(=O)CN(C[C@@H]2CCCO2)C(=O)c2ccc(OC)cc2)c1C. The molecule has 2 aromatic rings. The summed E-state index contributed by atoms with van der Waals surface area (Å²) >= 11 is 0. The molecule has 0 radical (unpaired) electrons. The average molecular weight is 428 g/mol. The van der Waals surface area contributed by atoms with Crippen molar-refractivity contribution in [1.82, 2.24) is 9.88 Å². The topological polar surface area (TPSA) is 97.9 Å². The Hall–Kier alpha value is -3.13. The van der Waals surface area contributed by atoms with E-state index in [2.05, 4.69) is 4.98 Å². The predicted octanol–water partition coefficient (Wildman–Crippen LogP) is 2.93. The van der Waals surface area contributed by atoms with Crippen LogP contribution < -0.4 is 4.74 Å². The number of aromatic amines is 1. The molecule has 1 atom stereocenters. The number of Topliss-reactive ketones (excluding diaryl/α,β-unsaturated/α-hetero) is 1. The van der Waals surface area contributed by atoms with Crippen molar-refractivity contribution in [2.24, 2.45) is 0 Å². The molecule has 1 aliphatic heterocycles. The Morgan fingerprint density at radius 2 is 1.87 bits per heavy atom. The van der Waals surface area contributed by atoms with E-state index >= 15 is 0 Å². The number of ketones is 1. The fraction of sp³-hybridized carbons (Fsp3) is 0.435. The van der Waals surface area contributed by atoms with Crippen LogP contribution in [0.1, 0.15) is 55.3 Å². The number of H-pyrrole nitrogens is 1. The minimum atomic E-state index is -0.537. The Labute approximate surface area is 181 Å². The molecule has 1 amide bonds. The molecule has 8 heteroatoms. The first-order valence-electron chi connectivity index (χ1n) is 10.2. The second kappa shape index (κ2) is 9.78. The zero-order valence-electron chi connectivity index (χ0n) is 18.3. The number of amides is 1. The maximum absolute atomic E-state index is 13.2. The van der Waals surface area contributed by atoms with Crippen molar-refractivity contribution in [3.8, 4) is 5.75 Å². The summed E-state index contributed by atoms with van der Waals surface area (Å²) in [6.45, 7) is 4.27. The standard InChI is InChI=1S/C23H28N2O6/c1-14-20(15(2)24-21(14)23(28)30-4)19(26)13-25(12-18-6-5-11-31-18)22(27)16-7-9-17(29-3)10-8-16/h7-10,18,24H,5-6,11-13H2,1-4H3/t18-/m0/s1. The molecule has 1 N–H and O–H groups in total. The van der Waals surface area contributed by atoms with Gasteiger partial charge in [0.25, 0.3) is 5.91 Å². The molecule has 31 heavy (non-hydrogen) atoms. The number of nitrogens with zero attached hydrogens (tertiary/aromatic N) is 1. The zero-order chi connectivity index (χ0) is 22.5. The largest absolute Gasteiger partial charge is 0.497 e. The van der Waals surface area contributed by atoms with Gasteiger partial charge in [-0.3, -0.25) is 9.59 Å². The van der Waals surface area contributed by atoms with Gasteiger partial charge in [0.1, 0.15) is 11.4 Å². The van der Waals surface area contributed by atoms with Gasteiger partial charge in [-0.2, -0.15) is 0 Å². The molecule has 8 nitrogen and oxygen atoms in total. The first-order valence-corrected chi connectivity index (χ1v) is 10.2. The first kappa shape index (κ1) is 22.6. The Bertz CT molecular complexity index is 957. The van der Waals surface area contributed by atoms with Crippen LogP contribution in [0.4, 0.5) is 0 Å². The molecule has 0 aliphatic carbocycles. The lowest BCUT2D eigenvalue weighted by molar-refractivity contribution is 0.0506. The van der Waals surface area contributed by atoms with Crippen LogP contribution in [0.25, 0.3) is 0 Å². The van der Waals surface area contributed by atoms with E-state index in [9.17, 15) is 14.4 Å². The van der Waals surface area contributed by atoms with Gasteiger partial charge < -0.3 is 24.1 Å². The summed E-state index contributed by atoms with van der Waals surface area (Å²) in [5.41, 5.74) is 2.19. The summed E-state index contributed by atoms with van der Waals surface area (Å²) < 4.78 is 15.6. The van der Waals surface area contributed by atoms with Crippen LogP contribution in [-0.2, 0) is 9.47 Å². The normalized spacial score (nSPS) is 15.5. The second-order valence-electron chi connectivity index (χ2n) is 7.59. The lowest BCUT2D eigenvalue weighted by atomic mass is 10.0. The van der Waals surface area contributed by atoms with Crippen molar-refractivity contribution in [3.05, 3.63) is 52.3 Å². The summed E-state index contributed by atoms with van der Waals surface area (Å²) in [6.07, 6.45) is 1.67. The highest BCUT2D eigenvalue weighted by Crippen LogP contribution is 2.22. The van der Waals surface area contributed by atoms with Crippen LogP contribution in [-0.4, -0.2) is 67.6 Å². The van der Waals surface area contributed by atoms with Crippen LogP contribution in [0.3, 0.4) is 0 Å². The number of carbonyl (C=O) groups excluding carboxylic acids is 3. The summed E-state index contributed by atoms with van der Waals surface area (Å²) in [5, 5.41) is 0.